The molecule has 0 radical (unpaired) electrons. The minimum absolute atomic E-state index is 0.0197. The average Bonchev–Trinajstić information content (AvgIpc) is 2.78. The van der Waals surface area contributed by atoms with E-state index in [1.807, 2.05) is 0 Å². The highest BCUT2D eigenvalue weighted by Gasteiger charge is 2.41. The summed E-state index contributed by atoms with van der Waals surface area (Å²) in [6.07, 6.45) is 1.27. The maximum atomic E-state index is 15.1. The van der Waals surface area contributed by atoms with Crippen LogP contribution in [0.25, 0.3) is 11.1 Å². The van der Waals surface area contributed by atoms with Gasteiger partial charge in [0.25, 0.3) is 0 Å². The second kappa shape index (κ2) is 10.4. The minimum Gasteiger partial charge on any atom is -0.453 e. The fourth-order valence-electron chi connectivity index (χ4n) is 4.46. The summed E-state index contributed by atoms with van der Waals surface area (Å²) in [6.45, 7) is 3.20. The van der Waals surface area contributed by atoms with Crippen molar-refractivity contribution in [2.24, 2.45) is 5.92 Å². The SMILES string of the molecule is COC(=O)NCCCC(O)(c1cc(F)cc(F)c1-c1cc(C)ccc1F)[C@@H]1CCCNC1. The number of methoxy groups -OCH3 is 1. The van der Waals surface area contributed by atoms with Crippen LogP contribution in [0.1, 0.15) is 36.8 Å². The summed E-state index contributed by atoms with van der Waals surface area (Å²) in [5, 5.41) is 17.7. The Morgan fingerprint density at radius 2 is 2.03 bits per heavy atom. The molecule has 0 spiro atoms. The molecule has 1 aliphatic heterocycles. The molecule has 2 aromatic carbocycles. The van der Waals surface area contributed by atoms with Crippen LogP contribution in [0.4, 0.5) is 18.0 Å². The van der Waals surface area contributed by atoms with Crippen LogP contribution >= 0.6 is 0 Å². The van der Waals surface area contributed by atoms with Crippen molar-refractivity contribution in [3.8, 4) is 11.1 Å². The number of benzene rings is 2. The van der Waals surface area contributed by atoms with E-state index in [4.69, 9.17) is 0 Å². The van der Waals surface area contributed by atoms with Gasteiger partial charge in [-0.05, 0) is 62.9 Å². The molecule has 1 unspecified atom stereocenters. The van der Waals surface area contributed by atoms with Crippen molar-refractivity contribution in [3.63, 3.8) is 0 Å². The number of amides is 1. The van der Waals surface area contributed by atoms with Gasteiger partial charge in [0.1, 0.15) is 17.5 Å². The van der Waals surface area contributed by atoms with Crippen LogP contribution in [-0.2, 0) is 10.3 Å². The van der Waals surface area contributed by atoms with Crippen LogP contribution in [0.15, 0.2) is 30.3 Å². The summed E-state index contributed by atoms with van der Waals surface area (Å²) in [7, 11) is 1.25. The number of nitrogens with one attached hydrogen (secondary N) is 2. The first-order valence-electron chi connectivity index (χ1n) is 10.8. The Labute approximate surface area is 186 Å². The molecular weight excluding hydrogens is 421 g/mol. The summed E-state index contributed by atoms with van der Waals surface area (Å²) in [5.41, 5.74) is -1.07. The lowest BCUT2D eigenvalue weighted by atomic mass is 9.72. The van der Waals surface area contributed by atoms with E-state index in [1.165, 1.54) is 19.2 Å². The predicted molar refractivity (Wildman–Crippen MR) is 116 cm³/mol. The Hall–Kier alpha value is -2.58. The van der Waals surface area contributed by atoms with Crippen LogP contribution in [-0.4, -0.2) is 37.9 Å². The number of carbonyl (C=O) groups is 1. The predicted octanol–water partition coefficient (Wildman–Crippen LogP) is 4.40. The molecule has 32 heavy (non-hydrogen) atoms. The Kier molecular flexibility index (Phi) is 7.79. The first kappa shape index (κ1) is 24.1. The number of aliphatic hydroxyl groups is 1. The molecule has 1 amide bonds. The number of halogens is 3. The van der Waals surface area contributed by atoms with E-state index in [1.54, 1.807) is 13.0 Å². The first-order valence-corrected chi connectivity index (χ1v) is 10.8. The molecule has 1 aliphatic rings. The van der Waals surface area contributed by atoms with Crippen LogP contribution in [0.3, 0.4) is 0 Å². The Balaban J connectivity index is 2.09. The smallest absolute Gasteiger partial charge is 0.406 e. The lowest BCUT2D eigenvalue weighted by Gasteiger charge is -2.40. The van der Waals surface area contributed by atoms with Crippen LogP contribution < -0.4 is 10.6 Å². The number of alkyl carbamates (subject to hydrolysis) is 1. The van der Waals surface area contributed by atoms with Crippen molar-refractivity contribution in [1.29, 1.82) is 0 Å². The maximum Gasteiger partial charge on any atom is 0.406 e. The van der Waals surface area contributed by atoms with E-state index in [0.717, 1.165) is 19.0 Å². The highest BCUT2D eigenvalue weighted by atomic mass is 19.1. The van der Waals surface area contributed by atoms with Crippen molar-refractivity contribution in [2.45, 2.75) is 38.2 Å². The topological polar surface area (TPSA) is 70.6 Å². The zero-order chi connectivity index (χ0) is 23.3. The quantitative estimate of drug-likeness (QED) is 0.547. The molecule has 5 nitrogen and oxygen atoms in total. The second-order valence-electron chi connectivity index (χ2n) is 8.28. The Bertz CT molecular complexity index is 964. The van der Waals surface area contributed by atoms with Crippen LogP contribution in [0.5, 0.6) is 0 Å². The van der Waals surface area contributed by atoms with Crippen molar-refractivity contribution in [2.75, 3.05) is 26.7 Å². The summed E-state index contributed by atoms with van der Waals surface area (Å²) in [6, 6.07) is 6.10. The van der Waals surface area contributed by atoms with E-state index in [-0.39, 0.29) is 35.6 Å². The monoisotopic (exact) mass is 450 g/mol. The van der Waals surface area contributed by atoms with Gasteiger partial charge in [-0.3, -0.25) is 0 Å². The van der Waals surface area contributed by atoms with Crippen molar-refractivity contribution < 1.29 is 27.8 Å². The summed E-state index contributed by atoms with van der Waals surface area (Å²) in [4.78, 5) is 11.4. The summed E-state index contributed by atoms with van der Waals surface area (Å²) in [5.74, 6) is -2.77. The molecule has 0 aliphatic carbocycles. The van der Waals surface area contributed by atoms with Gasteiger partial charge in [-0.2, -0.15) is 0 Å². The van der Waals surface area contributed by atoms with Gasteiger partial charge in [0.15, 0.2) is 0 Å². The summed E-state index contributed by atoms with van der Waals surface area (Å²) < 4.78 is 48.9. The van der Waals surface area contributed by atoms with E-state index in [0.29, 0.717) is 31.0 Å². The van der Waals surface area contributed by atoms with Gasteiger partial charge < -0.3 is 20.5 Å². The number of piperidine rings is 1. The molecule has 0 bridgehead atoms. The lowest BCUT2D eigenvalue weighted by Crippen LogP contribution is -2.45. The van der Waals surface area contributed by atoms with E-state index in [2.05, 4.69) is 15.4 Å². The molecule has 8 heteroatoms. The van der Waals surface area contributed by atoms with Gasteiger partial charge in [-0.15, -0.1) is 0 Å². The molecule has 1 heterocycles. The van der Waals surface area contributed by atoms with Crippen molar-refractivity contribution in [3.05, 3.63) is 58.9 Å². The fourth-order valence-corrected chi connectivity index (χ4v) is 4.46. The molecule has 0 aromatic heterocycles. The molecule has 0 saturated carbocycles. The van der Waals surface area contributed by atoms with E-state index >= 15 is 4.39 Å². The zero-order valence-corrected chi connectivity index (χ0v) is 18.3. The number of hydrogen-bond acceptors (Lipinski definition) is 4. The van der Waals surface area contributed by atoms with Gasteiger partial charge in [-0.1, -0.05) is 11.6 Å². The molecule has 3 N–H and O–H groups in total. The molecular formula is C24H29F3N2O3. The van der Waals surface area contributed by atoms with Crippen LogP contribution in [0.2, 0.25) is 0 Å². The average molecular weight is 451 g/mol. The number of ether oxygens (including phenoxy) is 1. The zero-order valence-electron chi connectivity index (χ0n) is 18.3. The molecule has 1 fully saturated rings. The van der Waals surface area contributed by atoms with E-state index in [9.17, 15) is 18.7 Å². The van der Waals surface area contributed by atoms with Gasteiger partial charge in [0.05, 0.1) is 12.7 Å². The molecule has 2 atom stereocenters. The minimum atomic E-state index is -1.64. The first-order chi connectivity index (χ1) is 15.3. The normalized spacial score (nSPS) is 18.1. The number of aryl methyl sites for hydroxylation is 1. The largest absolute Gasteiger partial charge is 0.453 e. The number of rotatable bonds is 7. The third-order valence-electron chi connectivity index (χ3n) is 6.07. The highest BCUT2D eigenvalue weighted by molar-refractivity contribution is 5.71. The molecule has 1 saturated heterocycles. The van der Waals surface area contributed by atoms with Gasteiger partial charge in [-0.25, -0.2) is 18.0 Å². The Morgan fingerprint density at radius 3 is 2.72 bits per heavy atom. The Morgan fingerprint density at radius 1 is 1.25 bits per heavy atom. The van der Waals surface area contributed by atoms with Gasteiger partial charge >= 0.3 is 6.09 Å². The number of hydrogen-bond donors (Lipinski definition) is 3. The third kappa shape index (κ3) is 5.24. The summed E-state index contributed by atoms with van der Waals surface area (Å²) >= 11 is 0. The van der Waals surface area contributed by atoms with Crippen molar-refractivity contribution >= 4 is 6.09 Å². The van der Waals surface area contributed by atoms with Crippen LogP contribution in [0, 0.1) is 30.3 Å². The molecule has 3 rings (SSSR count). The highest BCUT2D eigenvalue weighted by Crippen LogP contribution is 2.44. The number of carbonyl (C=O) groups excluding carboxylic acids is 1. The van der Waals surface area contributed by atoms with E-state index < -0.39 is 29.1 Å². The third-order valence-corrected chi connectivity index (χ3v) is 6.07. The van der Waals surface area contributed by atoms with Gasteiger partial charge in [0.2, 0.25) is 0 Å². The molecule has 174 valence electrons. The molecule has 2 aromatic rings. The van der Waals surface area contributed by atoms with Crippen molar-refractivity contribution in [1.82, 2.24) is 10.6 Å². The van der Waals surface area contributed by atoms with Gasteiger partial charge in [0, 0.05) is 36.2 Å². The fraction of sp³-hybridized carbons (Fsp3) is 0.458. The lowest BCUT2D eigenvalue weighted by molar-refractivity contribution is -0.0420. The maximum absolute atomic E-state index is 15.1. The second-order valence-corrected chi connectivity index (χ2v) is 8.28. The standard InChI is InChI=1S/C24H29F3N2O3/c1-15-6-7-20(26)18(11-15)22-19(12-17(25)13-21(22)27)24(31,16-5-3-9-28-14-16)8-4-10-29-23(30)32-2/h6-7,11-13,16,28,31H,3-5,8-10,14H2,1-2H3,(H,29,30)/t16-,24?/m1/s1.